The molecule has 0 radical (unpaired) electrons. The van der Waals surface area contributed by atoms with Crippen molar-refractivity contribution in [2.75, 3.05) is 11.9 Å². The Morgan fingerprint density at radius 3 is 2.46 bits per heavy atom. The zero-order chi connectivity index (χ0) is 26.4. The van der Waals surface area contributed by atoms with E-state index in [9.17, 15) is 9.59 Å². The number of rotatable bonds is 9. The molecule has 37 heavy (non-hydrogen) atoms. The first kappa shape index (κ1) is 26.4. The van der Waals surface area contributed by atoms with Crippen LogP contribution < -0.4 is 10.9 Å². The Morgan fingerprint density at radius 2 is 1.76 bits per heavy atom. The third kappa shape index (κ3) is 5.86. The quantitative estimate of drug-likeness (QED) is 0.234. The van der Waals surface area contributed by atoms with Gasteiger partial charge in [-0.2, -0.15) is 0 Å². The van der Waals surface area contributed by atoms with Gasteiger partial charge in [0, 0.05) is 17.3 Å². The van der Waals surface area contributed by atoms with Crippen molar-refractivity contribution in [1.29, 1.82) is 0 Å². The molecule has 0 bridgehead atoms. The second kappa shape index (κ2) is 12.1. The fourth-order valence-corrected chi connectivity index (χ4v) is 4.89. The van der Waals surface area contributed by atoms with Gasteiger partial charge in [-0.1, -0.05) is 68.6 Å². The van der Waals surface area contributed by atoms with Crippen molar-refractivity contribution in [2.45, 2.75) is 52.5 Å². The molecule has 0 saturated carbocycles. The van der Waals surface area contributed by atoms with E-state index in [4.69, 9.17) is 16.6 Å². The number of benzene rings is 3. The average Bonchev–Trinajstić information content (AvgIpc) is 2.90. The normalized spacial score (nSPS) is 11.9. The van der Waals surface area contributed by atoms with Gasteiger partial charge in [0.25, 0.3) is 5.56 Å². The summed E-state index contributed by atoms with van der Waals surface area (Å²) >= 11 is 6.24. The highest BCUT2D eigenvalue weighted by Gasteiger charge is 2.29. The smallest absolute Gasteiger partial charge is 0.314 e. The maximum absolute atomic E-state index is 13.9. The lowest BCUT2D eigenvalue weighted by molar-refractivity contribution is 0.179. The van der Waals surface area contributed by atoms with Crippen LogP contribution in [0.25, 0.3) is 16.6 Å². The first-order chi connectivity index (χ1) is 17.9. The number of hydrogen-bond donors (Lipinski definition) is 1. The van der Waals surface area contributed by atoms with Gasteiger partial charge in [0.1, 0.15) is 5.82 Å². The van der Waals surface area contributed by atoms with E-state index in [0.717, 1.165) is 30.5 Å². The van der Waals surface area contributed by atoms with Gasteiger partial charge in [0.15, 0.2) is 0 Å². The van der Waals surface area contributed by atoms with Crippen LogP contribution in [0.4, 0.5) is 10.5 Å². The number of nitrogens with one attached hydrogen (secondary N) is 1. The monoisotopic (exact) mass is 516 g/mol. The summed E-state index contributed by atoms with van der Waals surface area (Å²) in [5.41, 5.74) is 2.73. The minimum Gasteiger partial charge on any atom is -0.314 e. The summed E-state index contributed by atoms with van der Waals surface area (Å²) in [5.74, 6) is 0.538. The van der Waals surface area contributed by atoms with Crippen LogP contribution in [-0.4, -0.2) is 27.0 Å². The molecule has 1 unspecified atom stereocenters. The topological polar surface area (TPSA) is 67.2 Å². The molecule has 4 aromatic rings. The summed E-state index contributed by atoms with van der Waals surface area (Å²) < 4.78 is 1.66. The highest BCUT2D eigenvalue weighted by molar-refractivity contribution is 6.30. The molecule has 0 aliphatic heterocycles. The van der Waals surface area contributed by atoms with Gasteiger partial charge in [-0.15, -0.1) is 0 Å². The predicted octanol–water partition coefficient (Wildman–Crippen LogP) is 7.52. The van der Waals surface area contributed by atoms with Crippen LogP contribution >= 0.6 is 11.6 Å². The Morgan fingerprint density at radius 1 is 1.03 bits per heavy atom. The summed E-state index contributed by atoms with van der Waals surface area (Å²) in [5, 5.41) is 4.16. The molecule has 1 aromatic heterocycles. The van der Waals surface area contributed by atoms with E-state index in [1.165, 1.54) is 0 Å². The predicted molar refractivity (Wildman–Crippen MR) is 152 cm³/mol. The number of fused-ring (bicyclic) bond motifs is 1. The van der Waals surface area contributed by atoms with E-state index in [-0.39, 0.29) is 11.6 Å². The maximum atomic E-state index is 13.9. The van der Waals surface area contributed by atoms with Gasteiger partial charge < -0.3 is 10.2 Å². The van der Waals surface area contributed by atoms with Crippen molar-refractivity contribution < 1.29 is 4.79 Å². The van der Waals surface area contributed by atoms with Crippen molar-refractivity contribution >= 4 is 34.2 Å². The lowest BCUT2D eigenvalue weighted by atomic mass is 10.1. The van der Waals surface area contributed by atoms with Gasteiger partial charge in [-0.3, -0.25) is 9.36 Å². The first-order valence-corrected chi connectivity index (χ1v) is 13.2. The fourth-order valence-electron chi connectivity index (χ4n) is 4.67. The highest BCUT2D eigenvalue weighted by atomic mass is 35.5. The number of carbonyl (C=O) groups excluding carboxylic acids is 1. The Balaban J connectivity index is 1.89. The molecule has 7 heteroatoms. The standard InChI is InChI=1S/C30H33ClN4O2/c1-4-6-12-19-34(30(37)32-23-13-8-7-9-14-23)26(5-2)28-33-25-16-11-10-15-24(25)29(36)35(28)27-18-17-22(31)20-21(27)3/h7-11,13-18,20,26H,4-6,12,19H2,1-3H3,(H,32,37). The molecule has 1 atom stereocenters. The minimum atomic E-state index is -0.423. The summed E-state index contributed by atoms with van der Waals surface area (Å²) in [6.45, 7) is 6.63. The molecular formula is C30H33ClN4O2. The number of para-hydroxylation sites is 2. The van der Waals surface area contributed by atoms with Crippen LogP contribution in [0.2, 0.25) is 5.02 Å². The van der Waals surface area contributed by atoms with Crippen LogP contribution in [-0.2, 0) is 0 Å². The molecule has 0 aliphatic carbocycles. The summed E-state index contributed by atoms with van der Waals surface area (Å²) in [6.07, 6.45) is 3.48. The van der Waals surface area contributed by atoms with Crippen molar-refractivity contribution in [3.05, 3.63) is 99.6 Å². The number of halogens is 1. The highest BCUT2D eigenvalue weighted by Crippen LogP contribution is 2.29. The van der Waals surface area contributed by atoms with Crippen LogP contribution in [0.1, 0.15) is 57.0 Å². The molecule has 0 aliphatic rings. The number of nitrogens with zero attached hydrogens (tertiary/aromatic N) is 3. The third-order valence-corrected chi connectivity index (χ3v) is 6.79. The van der Waals surface area contributed by atoms with Gasteiger partial charge in [-0.25, -0.2) is 9.78 Å². The molecule has 192 valence electrons. The van der Waals surface area contributed by atoms with E-state index >= 15 is 0 Å². The molecule has 4 rings (SSSR count). The molecule has 0 spiro atoms. The fraction of sp³-hybridized carbons (Fsp3) is 0.300. The molecule has 1 heterocycles. The first-order valence-electron chi connectivity index (χ1n) is 12.9. The van der Waals surface area contributed by atoms with Crippen LogP contribution in [0.3, 0.4) is 0 Å². The summed E-state index contributed by atoms with van der Waals surface area (Å²) in [6, 6.07) is 21.6. The number of aryl methyl sites for hydroxylation is 1. The SMILES string of the molecule is CCCCCN(C(=O)Nc1ccccc1)C(CC)c1nc2ccccc2c(=O)n1-c1ccc(Cl)cc1C. The van der Waals surface area contributed by atoms with Gasteiger partial charge in [0.05, 0.1) is 22.6 Å². The Labute approximate surface area is 222 Å². The van der Waals surface area contributed by atoms with Crippen LogP contribution in [0.5, 0.6) is 0 Å². The Bertz CT molecular complexity index is 1430. The van der Waals surface area contributed by atoms with Gasteiger partial charge in [0.2, 0.25) is 0 Å². The van der Waals surface area contributed by atoms with Crippen LogP contribution in [0.15, 0.2) is 77.6 Å². The molecular weight excluding hydrogens is 484 g/mol. The van der Waals surface area contributed by atoms with Crippen molar-refractivity contribution in [2.24, 2.45) is 0 Å². The number of hydrogen-bond acceptors (Lipinski definition) is 3. The maximum Gasteiger partial charge on any atom is 0.322 e. The molecule has 6 nitrogen and oxygen atoms in total. The van der Waals surface area contributed by atoms with E-state index in [0.29, 0.717) is 40.4 Å². The second-order valence-electron chi connectivity index (χ2n) is 9.18. The molecule has 0 saturated heterocycles. The average molecular weight is 517 g/mol. The second-order valence-corrected chi connectivity index (χ2v) is 9.62. The number of urea groups is 1. The van der Waals surface area contributed by atoms with E-state index in [1.54, 1.807) is 16.7 Å². The van der Waals surface area contributed by atoms with E-state index < -0.39 is 6.04 Å². The summed E-state index contributed by atoms with van der Waals surface area (Å²) in [4.78, 5) is 34.4. The van der Waals surface area contributed by atoms with Crippen molar-refractivity contribution in [3.8, 4) is 5.69 Å². The number of amides is 2. The lowest BCUT2D eigenvalue weighted by Crippen LogP contribution is -2.41. The number of aromatic nitrogens is 2. The Hall–Kier alpha value is -3.64. The molecule has 1 N–H and O–H groups in total. The minimum absolute atomic E-state index is 0.165. The zero-order valence-electron chi connectivity index (χ0n) is 21.6. The van der Waals surface area contributed by atoms with Crippen molar-refractivity contribution in [1.82, 2.24) is 14.5 Å². The molecule has 0 fully saturated rings. The van der Waals surface area contributed by atoms with Crippen LogP contribution in [0, 0.1) is 6.92 Å². The van der Waals surface area contributed by atoms with Gasteiger partial charge in [-0.05, 0) is 67.8 Å². The lowest BCUT2D eigenvalue weighted by Gasteiger charge is -2.32. The number of carbonyl (C=O) groups is 1. The number of unbranched alkanes of at least 4 members (excludes halogenated alkanes) is 2. The zero-order valence-corrected chi connectivity index (χ0v) is 22.3. The van der Waals surface area contributed by atoms with E-state index in [1.807, 2.05) is 79.4 Å². The summed E-state index contributed by atoms with van der Waals surface area (Å²) in [7, 11) is 0. The van der Waals surface area contributed by atoms with Gasteiger partial charge >= 0.3 is 6.03 Å². The molecule has 2 amide bonds. The number of anilines is 1. The van der Waals surface area contributed by atoms with Crippen molar-refractivity contribution in [3.63, 3.8) is 0 Å². The third-order valence-electron chi connectivity index (χ3n) is 6.55. The van der Waals surface area contributed by atoms with E-state index in [2.05, 4.69) is 12.2 Å². The largest absolute Gasteiger partial charge is 0.322 e. The molecule has 3 aromatic carbocycles. The Kier molecular flexibility index (Phi) is 8.62.